The van der Waals surface area contributed by atoms with Gasteiger partial charge in [0.2, 0.25) is 0 Å². The number of hydrogen-bond acceptors (Lipinski definition) is 3. The number of nitrogens with zero attached hydrogens (tertiary/aromatic N) is 2. The zero-order valence-electron chi connectivity index (χ0n) is 15.4. The molecule has 25 heavy (non-hydrogen) atoms. The Kier molecular flexibility index (Phi) is 4.58. The van der Waals surface area contributed by atoms with E-state index in [1.54, 1.807) is 9.80 Å². The molecule has 0 bridgehead atoms. The summed E-state index contributed by atoms with van der Waals surface area (Å²) in [5, 5.41) is 0. The van der Waals surface area contributed by atoms with Gasteiger partial charge in [0.05, 0.1) is 0 Å². The highest BCUT2D eigenvalue weighted by molar-refractivity contribution is 5.98. The predicted octanol–water partition coefficient (Wildman–Crippen LogP) is 2.92. The van der Waals surface area contributed by atoms with E-state index in [-0.39, 0.29) is 23.8 Å². The van der Waals surface area contributed by atoms with E-state index in [9.17, 15) is 9.59 Å². The fraction of sp³-hybridized carbons (Fsp3) is 0.500. The molecule has 2 amide bonds. The first kappa shape index (κ1) is 17.5. The van der Waals surface area contributed by atoms with Gasteiger partial charge in [-0.2, -0.15) is 0 Å². The molecule has 0 spiro atoms. The van der Waals surface area contributed by atoms with Gasteiger partial charge in [0.1, 0.15) is 5.60 Å². The molecule has 1 saturated heterocycles. The molecule has 0 radical (unpaired) electrons. The lowest BCUT2D eigenvalue weighted by Gasteiger charge is -2.25. The summed E-state index contributed by atoms with van der Waals surface area (Å²) < 4.78 is 5.53. The SMILES string of the molecule is CN1CC2CN(C(=O)OC(C)(C)C)CC2C2=C(/C=C\C=C/C=C2)C1=O. The Labute approximate surface area is 149 Å². The lowest BCUT2D eigenvalue weighted by Crippen LogP contribution is -2.37. The second kappa shape index (κ2) is 6.54. The van der Waals surface area contributed by atoms with Crippen LogP contribution in [0.25, 0.3) is 0 Å². The molecule has 0 aromatic rings. The summed E-state index contributed by atoms with van der Waals surface area (Å²) >= 11 is 0. The van der Waals surface area contributed by atoms with Gasteiger partial charge in [-0.25, -0.2) is 4.79 Å². The van der Waals surface area contributed by atoms with Crippen molar-refractivity contribution in [1.29, 1.82) is 0 Å². The molecule has 1 fully saturated rings. The van der Waals surface area contributed by atoms with Crippen molar-refractivity contribution in [3.8, 4) is 0 Å². The lowest BCUT2D eigenvalue weighted by molar-refractivity contribution is -0.125. The van der Waals surface area contributed by atoms with Crippen molar-refractivity contribution >= 4 is 12.0 Å². The number of amides is 2. The molecule has 1 aliphatic carbocycles. The molecule has 2 heterocycles. The van der Waals surface area contributed by atoms with Crippen LogP contribution in [0, 0.1) is 11.8 Å². The number of likely N-dealkylation sites (N-methyl/N-ethyl adjacent to an activating group) is 1. The Hall–Kier alpha value is -2.30. The number of ether oxygens (including phenoxy) is 1. The largest absolute Gasteiger partial charge is 0.444 e. The molecule has 0 aromatic carbocycles. The Bertz CT molecular complexity index is 694. The molecular formula is C20H26N2O3. The van der Waals surface area contributed by atoms with Crippen LogP contribution in [0.4, 0.5) is 4.79 Å². The summed E-state index contributed by atoms with van der Waals surface area (Å²) in [7, 11) is 1.83. The van der Waals surface area contributed by atoms with Crippen LogP contribution in [0.15, 0.2) is 47.6 Å². The van der Waals surface area contributed by atoms with Crippen LogP contribution in [0.2, 0.25) is 0 Å². The Balaban J connectivity index is 1.91. The fourth-order valence-electron chi connectivity index (χ4n) is 3.67. The normalized spacial score (nSPS) is 28.7. The smallest absolute Gasteiger partial charge is 0.410 e. The minimum atomic E-state index is -0.507. The third kappa shape index (κ3) is 3.70. The molecule has 2 atom stereocenters. The molecule has 0 saturated carbocycles. The number of allylic oxidation sites excluding steroid dienone is 5. The molecule has 0 N–H and O–H groups in total. The van der Waals surface area contributed by atoms with E-state index >= 15 is 0 Å². The molecule has 0 aromatic heterocycles. The minimum Gasteiger partial charge on any atom is -0.444 e. The summed E-state index contributed by atoms with van der Waals surface area (Å²) in [5.74, 6) is 0.406. The molecule has 3 rings (SSSR count). The number of carbonyl (C=O) groups is 2. The summed E-state index contributed by atoms with van der Waals surface area (Å²) in [4.78, 5) is 28.8. The fourth-order valence-corrected chi connectivity index (χ4v) is 3.67. The van der Waals surface area contributed by atoms with Crippen molar-refractivity contribution in [2.24, 2.45) is 11.8 Å². The number of fused-ring (bicyclic) bond motifs is 2. The maximum atomic E-state index is 12.7. The predicted molar refractivity (Wildman–Crippen MR) is 96.9 cm³/mol. The van der Waals surface area contributed by atoms with Crippen molar-refractivity contribution in [3.05, 3.63) is 47.6 Å². The van der Waals surface area contributed by atoms with Crippen molar-refractivity contribution in [2.45, 2.75) is 26.4 Å². The third-order valence-corrected chi connectivity index (χ3v) is 4.76. The highest BCUT2D eigenvalue weighted by Crippen LogP contribution is 2.37. The van der Waals surface area contributed by atoms with Gasteiger partial charge in [0.15, 0.2) is 0 Å². The van der Waals surface area contributed by atoms with Gasteiger partial charge in [-0.3, -0.25) is 4.79 Å². The number of hydrogen-bond donors (Lipinski definition) is 0. The van der Waals surface area contributed by atoms with Gasteiger partial charge in [-0.05, 0) is 32.4 Å². The number of carbonyl (C=O) groups excluding carboxylic acids is 2. The van der Waals surface area contributed by atoms with E-state index < -0.39 is 5.60 Å². The van der Waals surface area contributed by atoms with E-state index in [1.807, 2.05) is 64.3 Å². The summed E-state index contributed by atoms with van der Waals surface area (Å²) in [6.07, 6.45) is 11.3. The lowest BCUT2D eigenvalue weighted by atomic mass is 9.86. The second-order valence-electron chi connectivity index (χ2n) is 7.91. The second-order valence-corrected chi connectivity index (χ2v) is 7.91. The summed E-state index contributed by atoms with van der Waals surface area (Å²) in [6, 6.07) is 0. The topological polar surface area (TPSA) is 49.9 Å². The van der Waals surface area contributed by atoms with Crippen molar-refractivity contribution < 1.29 is 14.3 Å². The van der Waals surface area contributed by atoms with Gasteiger partial charge in [-0.15, -0.1) is 0 Å². The molecule has 3 aliphatic rings. The maximum absolute atomic E-state index is 12.7. The third-order valence-electron chi connectivity index (χ3n) is 4.76. The first-order chi connectivity index (χ1) is 11.8. The molecule has 2 aliphatic heterocycles. The van der Waals surface area contributed by atoms with E-state index in [4.69, 9.17) is 4.74 Å². The van der Waals surface area contributed by atoms with Crippen molar-refractivity contribution in [1.82, 2.24) is 9.80 Å². The van der Waals surface area contributed by atoms with Crippen LogP contribution in [0.3, 0.4) is 0 Å². The highest BCUT2D eigenvalue weighted by atomic mass is 16.6. The van der Waals surface area contributed by atoms with Crippen LogP contribution >= 0.6 is 0 Å². The molecule has 5 nitrogen and oxygen atoms in total. The van der Waals surface area contributed by atoms with Gasteiger partial charge in [0.25, 0.3) is 5.91 Å². The molecule has 2 unspecified atom stereocenters. The number of likely N-dealkylation sites (tertiary alicyclic amines) is 1. The number of rotatable bonds is 0. The minimum absolute atomic E-state index is 0.0458. The van der Waals surface area contributed by atoms with Gasteiger partial charge < -0.3 is 14.5 Å². The molecular weight excluding hydrogens is 316 g/mol. The van der Waals surface area contributed by atoms with Crippen LogP contribution in [0.5, 0.6) is 0 Å². The zero-order valence-corrected chi connectivity index (χ0v) is 15.4. The Morgan fingerprint density at radius 2 is 1.76 bits per heavy atom. The van der Waals surface area contributed by atoms with E-state index in [1.165, 1.54) is 0 Å². The van der Waals surface area contributed by atoms with Crippen LogP contribution in [-0.4, -0.2) is 54.1 Å². The van der Waals surface area contributed by atoms with Crippen LogP contribution in [0.1, 0.15) is 20.8 Å². The van der Waals surface area contributed by atoms with Crippen molar-refractivity contribution in [2.75, 3.05) is 26.7 Å². The first-order valence-electron chi connectivity index (χ1n) is 8.75. The van der Waals surface area contributed by atoms with Crippen LogP contribution in [-0.2, 0) is 9.53 Å². The summed E-state index contributed by atoms with van der Waals surface area (Å²) in [6.45, 7) is 7.47. The van der Waals surface area contributed by atoms with E-state index in [2.05, 4.69) is 0 Å². The van der Waals surface area contributed by atoms with Crippen molar-refractivity contribution in [3.63, 3.8) is 0 Å². The zero-order chi connectivity index (χ0) is 18.2. The quantitative estimate of drug-likeness (QED) is 0.680. The maximum Gasteiger partial charge on any atom is 0.410 e. The van der Waals surface area contributed by atoms with Gasteiger partial charge in [0, 0.05) is 44.1 Å². The first-order valence-corrected chi connectivity index (χ1v) is 8.75. The van der Waals surface area contributed by atoms with Crippen LogP contribution < -0.4 is 0 Å². The molecule has 134 valence electrons. The Morgan fingerprint density at radius 3 is 2.44 bits per heavy atom. The average Bonchev–Trinajstić information content (AvgIpc) is 2.85. The highest BCUT2D eigenvalue weighted by Gasteiger charge is 2.42. The molecule has 5 heteroatoms. The van der Waals surface area contributed by atoms with E-state index in [0.29, 0.717) is 19.6 Å². The van der Waals surface area contributed by atoms with E-state index in [0.717, 1.165) is 11.1 Å². The Morgan fingerprint density at radius 1 is 1.08 bits per heavy atom. The summed E-state index contributed by atoms with van der Waals surface area (Å²) in [5.41, 5.74) is 1.24. The average molecular weight is 342 g/mol. The van der Waals surface area contributed by atoms with Gasteiger partial charge in [-0.1, -0.05) is 30.4 Å². The van der Waals surface area contributed by atoms with Gasteiger partial charge >= 0.3 is 6.09 Å². The monoisotopic (exact) mass is 342 g/mol. The standard InChI is InChI=1S/C20H26N2O3/c1-20(2,3)25-19(24)22-12-14-11-21(4)18(23)16-10-8-6-5-7-9-15(16)17(14)13-22/h5-10,14,17H,11-13H2,1-4H3/b6-5-,7-5?,8-6?,9-7?,10-8-,15-9?,16-10?.